The third-order valence-electron chi connectivity index (χ3n) is 0.556. The Morgan fingerprint density at radius 1 is 1.00 bits per heavy atom. The van der Waals surface area contributed by atoms with Crippen LogP contribution in [0.5, 0.6) is 0 Å². The molecule has 0 nitrogen and oxygen atoms in total. The van der Waals surface area contributed by atoms with Crippen LogP contribution in [0.25, 0.3) is 0 Å². The van der Waals surface area contributed by atoms with Crippen LogP contribution in [0.3, 0.4) is 0 Å². The van der Waals surface area contributed by atoms with Crippen LogP contribution in [-0.4, -0.2) is 4.21 Å². The molecule has 9 heavy (non-hydrogen) atoms. The van der Waals surface area contributed by atoms with E-state index in [0.717, 1.165) is 0 Å². The van der Waals surface area contributed by atoms with Gasteiger partial charge >= 0.3 is 28.4 Å². The van der Waals surface area contributed by atoms with Crippen molar-refractivity contribution in [2.24, 2.45) is 0 Å². The first kappa shape index (κ1) is 16.3. The molecule has 1 aromatic rings. The van der Waals surface area contributed by atoms with E-state index in [1.165, 1.54) is 24.2 Å². The second-order valence-electron chi connectivity index (χ2n) is 0.962. The molecule has 0 amide bonds. The first-order valence-electron chi connectivity index (χ1n) is 2.02. The molecular formula is C6H7Cl2Zr-. The van der Waals surface area contributed by atoms with E-state index in [4.69, 9.17) is 0 Å². The van der Waals surface area contributed by atoms with Crippen molar-refractivity contribution < 1.29 is 49.0 Å². The standard InChI is InChI=1S/C5H5.CH2.2ClH.Zr/c1-2-4-5-3-1;;;;/h1-5H;1H2;2*1H;/q-1;;;;+2/p-2. The van der Waals surface area contributed by atoms with Crippen LogP contribution in [0, 0.1) is 0 Å². The van der Waals surface area contributed by atoms with Gasteiger partial charge in [-0.25, -0.2) is 12.1 Å². The van der Waals surface area contributed by atoms with Crippen LogP contribution in [0.1, 0.15) is 0 Å². The van der Waals surface area contributed by atoms with Gasteiger partial charge in [-0.15, -0.1) is 0 Å². The zero-order chi connectivity index (χ0) is 5.54. The average Bonchev–Trinajstić information content (AvgIpc) is 2.23. The topological polar surface area (TPSA) is 0 Å². The zero-order valence-electron chi connectivity index (χ0n) is 4.85. The van der Waals surface area contributed by atoms with Crippen LogP contribution >= 0.6 is 0 Å². The molecule has 50 valence electrons. The Labute approximate surface area is 83.2 Å². The van der Waals surface area contributed by atoms with E-state index in [9.17, 15) is 0 Å². The van der Waals surface area contributed by atoms with Gasteiger partial charge in [0.05, 0.1) is 0 Å². The van der Waals surface area contributed by atoms with E-state index in [1.807, 2.05) is 30.3 Å². The minimum Gasteiger partial charge on any atom is -1.00 e. The van der Waals surface area contributed by atoms with Gasteiger partial charge in [-0.3, -0.25) is 0 Å². The van der Waals surface area contributed by atoms with Crippen molar-refractivity contribution in [2.45, 2.75) is 0 Å². The Kier molecular flexibility index (Phi) is 28.8. The fraction of sp³-hybridized carbons (Fsp3) is 0. The number of rotatable bonds is 0. The fourth-order valence-electron chi connectivity index (χ4n) is 0.321. The van der Waals surface area contributed by atoms with Crippen LogP contribution in [0.15, 0.2) is 30.3 Å². The maximum Gasteiger partial charge on any atom is -0.172 e. The third-order valence-corrected chi connectivity index (χ3v) is 0.556. The van der Waals surface area contributed by atoms with Crippen molar-refractivity contribution in [1.82, 2.24) is 0 Å². The molecule has 0 radical (unpaired) electrons. The van der Waals surface area contributed by atoms with Gasteiger partial charge in [0, 0.05) is 0 Å². The summed E-state index contributed by atoms with van der Waals surface area (Å²) in [6.45, 7) is 0. The van der Waals surface area contributed by atoms with Crippen LogP contribution in [-0.2, 0) is 24.2 Å². The van der Waals surface area contributed by atoms with Gasteiger partial charge in [-0.1, -0.05) is 0 Å². The maximum atomic E-state index is 3.34. The average molecular weight is 241 g/mol. The molecule has 0 bridgehead atoms. The minimum atomic E-state index is 0. The van der Waals surface area contributed by atoms with Gasteiger partial charge in [0.15, 0.2) is 0 Å². The molecule has 0 spiro atoms. The molecule has 1 aromatic carbocycles. The zero-order valence-corrected chi connectivity index (χ0v) is 8.82. The molecule has 1 rings (SSSR count). The Morgan fingerprint density at radius 3 is 1.44 bits per heavy atom. The van der Waals surface area contributed by atoms with Gasteiger partial charge in [0.25, 0.3) is 0 Å². The molecule has 3 heteroatoms. The van der Waals surface area contributed by atoms with Crippen molar-refractivity contribution in [1.29, 1.82) is 0 Å². The van der Waals surface area contributed by atoms with E-state index in [2.05, 4.69) is 4.21 Å². The van der Waals surface area contributed by atoms with Gasteiger partial charge < -0.3 is 24.8 Å². The second-order valence-corrected chi connectivity index (χ2v) is 0.962. The fourth-order valence-corrected chi connectivity index (χ4v) is 0.321. The van der Waals surface area contributed by atoms with Crippen LogP contribution < -0.4 is 24.8 Å². The van der Waals surface area contributed by atoms with Gasteiger partial charge in [0.2, 0.25) is 0 Å². The molecule has 0 aliphatic carbocycles. The van der Waals surface area contributed by atoms with Crippen molar-refractivity contribution in [3.8, 4) is 0 Å². The first-order valence-corrected chi connectivity index (χ1v) is 3.76. The first-order chi connectivity index (χ1) is 3.50. The van der Waals surface area contributed by atoms with Crippen molar-refractivity contribution in [3.05, 3.63) is 30.3 Å². The summed E-state index contributed by atoms with van der Waals surface area (Å²) < 4.78 is 3.34. The van der Waals surface area contributed by atoms with E-state index in [0.29, 0.717) is 0 Å². The predicted octanol–water partition coefficient (Wildman–Crippen LogP) is -4.62. The molecule has 0 heterocycles. The summed E-state index contributed by atoms with van der Waals surface area (Å²) in [5.41, 5.74) is 0. The number of hydrogen-bond acceptors (Lipinski definition) is 0. The largest absolute Gasteiger partial charge is 1.00 e. The Balaban J connectivity index is -0.0000000836. The van der Waals surface area contributed by atoms with Crippen molar-refractivity contribution >= 4 is 4.21 Å². The summed E-state index contributed by atoms with van der Waals surface area (Å²) in [5, 5.41) is 0. The molecule has 0 fully saturated rings. The Morgan fingerprint density at radius 2 is 1.33 bits per heavy atom. The van der Waals surface area contributed by atoms with E-state index < -0.39 is 0 Å². The Bertz CT molecular complexity index is 78.0. The van der Waals surface area contributed by atoms with Crippen LogP contribution in [0.2, 0.25) is 0 Å². The molecule has 0 saturated carbocycles. The Hall–Kier alpha value is 0.683. The molecule has 0 aliphatic rings. The molecule has 0 N–H and O–H groups in total. The molecule has 0 saturated heterocycles. The maximum absolute atomic E-state index is 3.34. The summed E-state index contributed by atoms with van der Waals surface area (Å²) in [7, 11) is 0. The van der Waals surface area contributed by atoms with E-state index in [-0.39, 0.29) is 24.8 Å². The van der Waals surface area contributed by atoms with E-state index in [1.54, 1.807) is 0 Å². The van der Waals surface area contributed by atoms with Gasteiger partial charge in [-0.05, 0) is 0 Å². The van der Waals surface area contributed by atoms with E-state index >= 15 is 0 Å². The van der Waals surface area contributed by atoms with Crippen molar-refractivity contribution in [3.63, 3.8) is 0 Å². The summed E-state index contributed by atoms with van der Waals surface area (Å²) in [5.74, 6) is 0. The van der Waals surface area contributed by atoms with Crippen molar-refractivity contribution in [2.75, 3.05) is 0 Å². The molecule has 0 unspecified atom stereocenters. The third kappa shape index (κ3) is 12.0. The minimum absolute atomic E-state index is 0. The normalized spacial score (nSPS) is 5.11. The second kappa shape index (κ2) is 15.9. The summed E-state index contributed by atoms with van der Waals surface area (Å²) in [4.78, 5) is 0. The monoisotopic (exact) mass is 239 g/mol. The summed E-state index contributed by atoms with van der Waals surface area (Å²) >= 11 is 1.30. The SMILES string of the molecule is [CH2]=[Zr+2].[Cl-].[Cl-].c1cc[cH-]c1. The van der Waals surface area contributed by atoms with Gasteiger partial charge in [-0.2, -0.15) is 18.2 Å². The molecule has 0 atom stereocenters. The molecular weight excluding hydrogens is 234 g/mol. The number of halogens is 2. The summed E-state index contributed by atoms with van der Waals surface area (Å²) in [6.07, 6.45) is 0. The quantitative estimate of drug-likeness (QED) is 0.401. The van der Waals surface area contributed by atoms with Gasteiger partial charge in [0.1, 0.15) is 0 Å². The molecule has 0 aliphatic heterocycles. The molecule has 0 aromatic heterocycles. The predicted molar refractivity (Wildman–Crippen MR) is 29.2 cm³/mol. The smallest absolute Gasteiger partial charge is 0.172 e. The van der Waals surface area contributed by atoms with Crippen LogP contribution in [0.4, 0.5) is 0 Å². The summed E-state index contributed by atoms with van der Waals surface area (Å²) in [6, 6.07) is 10.0. The number of hydrogen-bond donors (Lipinski definition) is 0.